The number of azo groups is 2. The van der Waals surface area contributed by atoms with Gasteiger partial charge in [-0.1, -0.05) is 5.11 Å². The van der Waals surface area contributed by atoms with Crippen molar-refractivity contribution in [3.63, 3.8) is 0 Å². The summed E-state index contributed by atoms with van der Waals surface area (Å²) in [5.41, 5.74) is 5.52. The molecule has 2 heterocycles. The highest BCUT2D eigenvalue weighted by molar-refractivity contribution is 5.97. The van der Waals surface area contributed by atoms with E-state index in [4.69, 9.17) is 9.47 Å². The quantitative estimate of drug-likeness (QED) is 0.0500. The monoisotopic (exact) mass is 905 g/mol. The number of rotatable bonds is 20. The van der Waals surface area contributed by atoms with E-state index in [1.54, 1.807) is 74.5 Å². The zero-order valence-corrected chi connectivity index (χ0v) is 38.7. The SMILES string of the molecule is COc1ccc(Nc2ccc(N=NC3N(C)C=CN3CCCN(C)C(=O)c3ccc(C(=O)N(C)CCCn4cc[n+](C)c4N=Nc4ccc(Nc5ccc(OC)cc5)cc4O)cc3)cc2)cc1. The third-order valence-electron chi connectivity index (χ3n) is 11.2. The van der Waals surface area contributed by atoms with Gasteiger partial charge in [-0.3, -0.25) is 9.59 Å². The minimum absolute atomic E-state index is 0.0136. The topological polar surface area (TPSA) is 168 Å². The molecule has 1 aliphatic heterocycles. The third-order valence-corrected chi connectivity index (χ3v) is 11.2. The number of amides is 2. The van der Waals surface area contributed by atoms with Crippen LogP contribution in [0.5, 0.6) is 17.2 Å². The number of carbonyl (C=O) groups is 2. The number of hydrogen-bond acceptors (Lipinski definition) is 13. The molecule has 0 radical (unpaired) electrons. The first-order chi connectivity index (χ1) is 32.5. The Morgan fingerprint density at radius 3 is 1.76 bits per heavy atom. The minimum Gasteiger partial charge on any atom is -0.505 e. The lowest BCUT2D eigenvalue weighted by Crippen LogP contribution is -2.36. The summed E-state index contributed by atoms with van der Waals surface area (Å²) in [6.07, 6.45) is 8.81. The number of aromatic nitrogens is 2. The van der Waals surface area contributed by atoms with Gasteiger partial charge in [0.1, 0.15) is 22.9 Å². The van der Waals surface area contributed by atoms with Gasteiger partial charge in [0, 0.05) is 98.2 Å². The first-order valence-corrected chi connectivity index (χ1v) is 21.9. The Bertz CT molecular complexity index is 2680. The molecule has 2 amide bonds. The molecule has 5 aromatic carbocycles. The van der Waals surface area contributed by atoms with Gasteiger partial charge in [-0.25, -0.2) is 9.13 Å². The number of methoxy groups -OCH3 is 2. The normalized spacial score (nSPS) is 13.4. The molecule has 67 heavy (non-hydrogen) atoms. The lowest BCUT2D eigenvalue weighted by Gasteiger charge is -2.26. The van der Waals surface area contributed by atoms with Crippen LogP contribution in [0.25, 0.3) is 0 Å². The standard InChI is InChI=1S/C50H56N12O5/c1-57(27-7-29-61-33-31-59(3)49(61)55-53-41-15-13-38(14-16-41)51-39-17-22-43(66-5)23-18-39)47(64)36-9-11-37(12-10-36)48(65)58(2)28-8-30-62-34-32-60(4)50(62)56-54-45-26-21-42(35-46(45)63)52-40-19-24-44(67-6)25-20-40/h9-26,31-35,49H,7-8,27-30H2,1-6H3,(H2,51,52,55,63)/p+1. The van der Waals surface area contributed by atoms with Crippen LogP contribution in [-0.2, 0) is 13.6 Å². The van der Waals surface area contributed by atoms with Crippen LogP contribution >= 0.6 is 0 Å². The summed E-state index contributed by atoms with van der Waals surface area (Å²) in [7, 11) is 10.6. The molecule has 0 aliphatic carbocycles. The molecule has 1 aliphatic rings. The van der Waals surface area contributed by atoms with Crippen LogP contribution in [0, 0.1) is 0 Å². The van der Waals surface area contributed by atoms with E-state index in [-0.39, 0.29) is 23.9 Å². The highest BCUT2D eigenvalue weighted by Gasteiger charge is 2.24. The number of imidazole rings is 1. The average molecular weight is 906 g/mol. The minimum atomic E-state index is -0.297. The second kappa shape index (κ2) is 22.1. The number of ether oxygens (including phenoxy) is 2. The van der Waals surface area contributed by atoms with Crippen molar-refractivity contribution in [3.8, 4) is 17.2 Å². The number of anilines is 4. The summed E-state index contributed by atoms with van der Waals surface area (Å²) in [5.74, 6) is 1.87. The van der Waals surface area contributed by atoms with E-state index in [1.165, 1.54) is 0 Å². The van der Waals surface area contributed by atoms with Gasteiger partial charge in [-0.05, 0) is 122 Å². The zero-order valence-electron chi connectivity index (χ0n) is 38.7. The van der Waals surface area contributed by atoms with Crippen LogP contribution in [0.2, 0.25) is 0 Å². The van der Waals surface area contributed by atoms with Gasteiger partial charge in [0.15, 0.2) is 0 Å². The van der Waals surface area contributed by atoms with Crippen LogP contribution in [0.3, 0.4) is 0 Å². The zero-order chi connectivity index (χ0) is 47.3. The number of carbonyl (C=O) groups excluding carboxylic acids is 2. The van der Waals surface area contributed by atoms with E-state index in [9.17, 15) is 14.7 Å². The first-order valence-electron chi connectivity index (χ1n) is 21.9. The summed E-state index contributed by atoms with van der Waals surface area (Å²) < 4.78 is 14.2. The van der Waals surface area contributed by atoms with Crippen molar-refractivity contribution in [2.75, 3.05) is 65.6 Å². The maximum atomic E-state index is 13.4. The molecule has 0 bridgehead atoms. The van der Waals surface area contributed by atoms with Crippen molar-refractivity contribution in [1.29, 1.82) is 0 Å². The molecule has 1 unspecified atom stereocenters. The highest BCUT2D eigenvalue weighted by Crippen LogP contribution is 2.32. The van der Waals surface area contributed by atoms with Gasteiger partial charge < -0.3 is 44.8 Å². The number of aryl methyl sites for hydroxylation is 2. The molecule has 7 rings (SSSR count). The fourth-order valence-corrected chi connectivity index (χ4v) is 7.30. The summed E-state index contributed by atoms with van der Waals surface area (Å²) in [6.45, 7) is 2.28. The van der Waals surface area contributed by atoms with Gasteiger partial charge in [-0.2, -0.15) is 5.11 Å². The van der Waals surface area contributed by atoms with E-state index in [2.05, 4.69) is 36.0 Å². The maximum Gasteiger partial charge on any atom is 0.421 e. The Kier molecular flexibility index (Phi) is 15.4. The van der Waals surface area contributed by atoms with Crippen molar-refractivity contribution in [2.24, 2.45) is 27.5 Å². The van der Waals surface area contributed by atoms with Gasteiger partial charge >= 0.3 is 5.95 Å². The molecule has 0 spiro atoms. The van der Waals surface area contributed by atoms with Crippen molar-refractivity contribution < 1.29 is 28.7 Å². The number of nitrogens with one attached hydrogen (secondary N) is 2. The molecule has 6 aromatic rings. The first kappa shape index (κ1) is 46.8. The van der Waals surface area contributed by atoms with E-state index in [0.29, 0.717) is 67.5 Å². The Morgan fingerprint density at radius 1 is 0.687 bits per heavy atom. The highest BCUT2D eigenvalue weighted by atomic mass is 16.5. The predicted octanol–water partition coefficient (Wildman–Crippen LogP) is 9.35. The smallest absolute Gasteiger partial charge is 0.421 e. The molecular weight excluding hydrogens is 849 g/mol. The summed E-state index contributed by atoms with van der Waals surface area (Å²) in [4.78, 5) is 34.2. The summed E-state index contributed by atoms with van der Waals surface area (Å²) in [6, 6.07) is 34.9. The molecule has 3 N–H and O–H groups in total. The number of benzene rings is 5. The number of nitrogens with zero attached hydrogens (tertiary/aromatic N) is 10. The Balaban J connectivity index is 0.837. The third kappa shape index (κ3) is 12.3. The number of phenolic OH excluding ortho intramolecular Hbond substituents is 1. The maximum absolute atomic E-state index is 13.4. The van der Waals surface area contributed by atoms with E-state index < -0.39 is 0 Å². The van der Waals surface area contributed by atoms with E-state index >= 15 is 0 Å². The molecule has 17 heteroatoms. The van der Waals surface area contributed by atoms with Crippen LogP contribution in [0.4, 0.5) is 40.1 Å². The number of aromatic hydroxyl groups is 1. The second-order valence-corrected chi connectivity index (χ2v) is 16.1. The predicted molar refractivity (Wildman–Crippen MR) is 258 cm³/mol. The van der Waals surface area contributed by atoms with Gasteiger partial charge in [0.05, 0.1) is 45.9 Å². The van der Waals surface area contributed by atoms with Gasteiger partial charge in [0.2, 0.25) is 6.29 Å². The lowest BCUT2D eigenvalue weighted by atomic mass is 10.1. The summed E-state index contributed by atoms with van der Waals surface area (Å²) in [5, 5.41) is 35.2. The molecule has 346 valence electrons. The average Bonchev–Trinajstić information content (AvgIpc) is 3.89. The van der Waals surface area contributed by atoms with E-state index in [1.807, 2.05) is 132 Å². The Hall–Kier alpha value is -8.21. The Morgan fingerprint density at radius 2 is 1.21 bits per heavy atom. The molecule has 1 aromatic heterocycles. The Labute approximate surface area is 390 Å². The molecular formula is C50H57N12O5+. The van der Waals surface area contributed by atoms with Gasteiger partial charge in [-0.15, -0.1) is 5.11 Å². The van der Waals surface area contributed by atoms with Gasteiger partial charge in [0.25, 0.3) is 11.8 Å². The van der Waals surface area contributed by atoms with Crippen molar-refractivity contribution >= 4 is 51.9 Å². The van der Waals surface area contributed by atoms with Crippen LogP contribution in [0.1, 0.15) is 33.6 Å². The van der Waals surface area contributed by atoms with Crippen LogP contribution in [-0.4, -0.2) is 102 Å². The largest absolute Gasteiger partial charge is 0.505 e. The summed E-state index contributed by atoms with van der Waals surface area (Å²) >= 11 is 0. The van der Waals surface area contributed by atoms with Crippen LogP contribution < -0.4 is 24.7 Å². The second-order valence-electron chi connectivity index (χ2n) is 16.1. The van der Waals surface area contributed by atoms with Crippen molar-refractivity contribution in [1.82, 2.24) is 24.2 Å². The molecule has 0 fully saturated rings. The molecule has 0 saturated carbocycles. The fraction of sp³-hybridized carbons (Fsp3) is 0.260. The van der Waals surface area contributed by atoms with E-state index in [0.717, 1.165) is 34.2 Å². The molecule has 1 atom stereocenters. The van der Waals surface area contributed by atoms with Crippen molar-refractivity contribution in [3.05, 3.63) is 151 Å². The number of phenols is 1. The fourth-order valence-electron chi connectivity index (χ4n) is 7.30. The molecule has 17 nitrogen and oxygen atoms in total. The van der Waals surface area contributed by atoms with Crippen LogP contribution in [0.15, 0.2) is 161 Å². The lowest BCUT2D eigenvalue weighted by molar-refractivity contribution is -0.657. The number of hydrogen-bond donors (Lipinski definition) is 3. The van der Waals surface area contributed by atoms with Crippen molar-refractivity contribution in [2.45, 2.75) is 25.7 Å². The molecule has 0 saturated heterocycles.